The number of amides is 2. The minimum Gasteiger partial charge on any atom is -0.334 e. The topological polar surface area (TPSA) is 95.5 Å². The van der Waals surface area contributed by atoms with E-state index in [1.807, 2.05) is 4.90 Å². The van der Waals surface area contributed by atoms with Crippen molar-refractivity contribution in [3.8, 4) is 0 Å². The van der Waals surface area contributed by atoms with E-state index in [2.05, 4.69) is 15.3 Å². The molecule has 2 aliphatic heterocycles. The van der Waals surface area contributed by atoms with Crippen LogP contribution in [0, 0.1) is 0 Å². The maximum absolute atomic E-state index is 13.3. The number of nitrogens with one attached hydrogen (secondary N) is 1. The van der Waals surface area contributed by atoms with Gasteiger partial charge >= 0.3 is 6.18 Å². The number of nitrogens with zero attached hydrogens (tertiary/aromatic N) is 4. The number of alkyl halides is 3. The molecule has 0 radical (unpaired) electrons. The molecule has 3 unspecified atom stereocenters. The Hall–Kier alpha value is -3.80. The van der Waals surface area contributed by atoms with Gasteiger partial charge in [0.15, 0.2) is 0 Å². The van der Waals surface area contributed by atoms with Crippen molar-refractivity contribution in [3.63, 3.8) is 0 Å². The Morgan fingerprint density at radius 3 is 2.38 bits per heavy atom. The number of halogens is 3. The Kier molecular flexibility index (Phi) is 7.15. The zero-order valence-corrected chi connectivity index (χ0v) is 22.1. The number of anilines is 2. The number of hydrogen-bond donors (Lipinski definition) is 1. The van der Waals surface area contributed by atoms with Gasteiger partial charge in [-0.3, -0.25) is 13.8 Å². The Balaban J connectivity index is 1.31. The summed E-state index contributed by atoms with van der Waals surface area (Å²) in [5.41, 5.74) is 1.85. The molecule has 39 heavy (non-hydrogen) atoms. The van der Waals surface area contributed by atoms with Gasteiger partial charge in [0.1, 0.15) is 6.04 Å². The molecule has 204 valence electrons. The summed E-state index contributed by atoms with van der Waals surface area (Å²) >= 11 is 0. The van der Waals surface area contributed by atoms with Gasteiger partial charge in [-0.25, -0.2) is 9.97 Å². The molecule has 1 fully saturated rings. The molecule has 0 bridgehead atoms. The number of rotatable bonds is 5. The second kappa shape index (κ2) is 10.4. The molecule has 2 amide bonds. The van der Waals surface area contributed by atoms with Crippen LogP contribution in [0.1, 0.15) is 54.1 Å². The van der Waals surface area contributed by atoms with Crippen LogP contribution in [0.2, 0.25) is 0 Å². The first kappa shape index (κ1) is 26.8. The molecule has 1 saturated heterocycles. The molecule has 12 heteroatoms. The van der Waals surface area contributed by atoms with Crippen LogP contribution < -0.4 is 10.2 Å². The van der Waals surface area contributed by atoms with E-state index in [4.69, 9.17) is 0 Å². The lowest BCUT2D eigenvalue weighted by atomic mass is 10.0. The molecule has 2 aromatic carbocycles. The van der Waals surface area contributed by atoms with E-state index >= 15 is 0 Å². The fourth-order valence-corrected chi connectivity index (χ4v) is 5.74. The van der Waals surface area contributed by atoms with Crippen molar-refractivity contribution in [1.82, 2.24) is 14.9 Å². The average molecular weight is 558 g/mol. The standard InChI is InChI=1S/C27H26F3N5O3S/c1-16(36)35-15-18-12-21(39(2)38)9-10-22(18)24(35)25(37)33-20-13-31-26(32-14-20)34-11-3-4-23(34)17-5-7-19(8-6-17)27(28,29)30/h5-10,12-14,23-24H,3-4,11,15H2,1-2H3,(H,33,37). The molecule has 1 aromatic heterocycles. The summed E-state index contributed by atoms with van der Waals surface area (Å²) in [6, 6.07) is 9.32. The van der Waals surface area contributed by atoms with Crippen molar-refractivity contribution in [2.45, 2.75) is 49.5 Å². The van der Waals surface area contributed by atoms with Crippen LogP contribution in [0.25, 0.3) is 0 Å². The van der Waals surface area contributed by atoms with Gasteiger partial charge in [-0.2, -0.15) is 13.2 Å². The normalized spacial score (nSPS) is 19.6. The monoisotopic (exact) mass is 557 g/mol. The Morgan fingerprint density at radius 1 is 1.08 bits per heavy atom. The number of carbonyl (C=O) groups is 2. The van der Waals surface area contributed by atoms with E-state index < -0.39 is 34.5 Å². The fraction of sp³-hybridized carbons (Fsp3) is 0.333. The number of hydrogen-bond acceptors (Lipinski definition) is 6. The van der Waals surface area contributed by atoms with Crippen LogP contribution in [0.4, 0.5) is 24.8 Å². The third-order valence-corrected chi connectivity index (χ3v) is 8.00. The highest BCUT2D eigenvalue weighted by Crippen LogP contribution is 2.38. The lowest BCUT2D eigenvalue weighted by Crippen LogP contribution is -2.35. The van der Waals surface area contributed by atoms with E-state index in [1.165, 1.54) is 36.4 Å². The summed E-state index contributed by atoms with van der Waals surface area (Å²) in [6.45, 7) is 2.28. The molecule has 5 rings (SSSR count). The zero-order chi connectivity index (χ0) is 27.9. The SMILES string of the molecule is CC(=O)N1Cc2cc(S(C)=O)ccc2C1C(=O)Nc1cnc(N2CCCC2c2ccc(C(F)(F)F)cc2)nc1. The number of aromatic nitrogens is 2. The van der Waals surface area contributed by atoms with Gasteiger partial charge in [-0.1, -0.05) is 18.2 Å². The van der Waals surface area contributed by atoms with Gasteiger partial charge in [0, 0.05) is 42.0 Å². The predicted molar refractivity (Wildman–Crippen MR) is 139 cm³/mol. The van der Waals surface area contributed by atoms with Crippen LogP contribution in [0.15, 0.2) is 59.8 Å². The molecule has 1 N–H and O–H groups in total. The number of carbonyl (C=O) groups excluding carboxylic acids is 2. The highest BCUT2D eigenvalue weighted by molar-refractivity contribution is 7.84. The van der Waals surface area contributed by atoms with Crippen molar-refractivity contribution in [2.75, 3.05) is 23.0 Å². The van der Waals surface area contributed by atoms with Crippen LogP contribution in [-0.4, -0.2) is 43.7 Å². The Labute approximate surface area is 225 Å². The van der Waals surface area contributed by atoms with Gasteiger partial charge in [0.05, 0.1) is 29.7 Å². The quantitative estimate of drug-likeness (QED) is 0.492. The summed E-state index contributed by atoms with van der Waals surface area (Å²) in [6.07, 6.45) is 1.71. The second-order valence-corrected chi connectivity index (χ2v) is 11.0. The van der Waals surface area contributed by atoms with Crippen LogP contribution >= 0.6 is 0 Å². The molecule has 0 saturated carbocycles. The van der Waals surface area contributed by atoms with Gasteiger partial charge < -0.3 is 15.1 Å². The number of benzene rings is 2. The van der Waals surface area contributed by atoms with Gasteiger partial charge in [0.2, 0.25) is 11.9 Å². The summed E-state index contributed by atoms with van der Waals surface area (Å²) in [4.78, 5) is 38.4. The highest BCUT2D eigenvalue weighted by atomic mass is 32.2. The lowest BCUT2D eigenvalue weighted by molar-refractivity contribution is -0.137. The summed E-state index contributed by atoms with van der Waals surface area (Å²) in [5, 5.41) is 2.79. The third kappa shape index (κ3) is 5.38. The summed E-state index contributed by atoms with van der Waals surface area (Å²) < 4.78 is 50.7. The molecule has 3 aromatic rings. The van der Waals surface area contributed by atoms with Crippen molar-refractivity contribution in [3.05, 3.63) is 77.1 Å². The first-order valence-electron chi connectivity index (χ1n) is 12.3. The van der Waals surface area contributed by atoms with E-state index in [-0.39, 0.29) is 18.5 Å². The third-order valence-electron chi connectivity index (χ3n) is 7.08. The smallest absolute Gasteiger partial charge is 0.334 e. The van der Waals surface area contributed by atoms with Crippen LogP contribution in [-0.2, 0) is 33.1 Å². The summed E-state index contributed by atoms with van der Waals surface area (Å²) in [7, 11) is -1.19. The van der Waals surface area contributed by atoms with E-state index in [0.29, 0.717) is 28.6 Å². The van der Waals surface area contributed by atoms with E-state index in [0.717, 1.165) is 36.1 Å². The van der Waals surface area contributed by atoms with E-state index in [1.54, 1.807) is 24.5 Å². The Bertz CT molecular complexity index is 1430. The molecule has 8 nitrogen and oxygen atoms in total. The highest BCUT2D eigenvalue weighted by Gasteiger charge is 2.38. The molecule has 0 aliphatic carbocycles. The lowest BCUT2D eigenvalue weighted by Gasteiger charge is -2.25. The molecule has 3 heterocycles. The fourth-order valence-electron chi connectivity index (χ4n) is 5.17. The average Bonchev–Trinajstić information content (AvgIpc) is 3.54. The molecule has 3 atom stereocenters. The molecule has 2 aliphatic rings. The van der Waals surface area contributed by atoms with Crippen molar-refractivity contribution in [1.29, 1.82) is 0 Å². The largest absolute Gasteiger partial charge is 0.416 e. The first-order chi connectivity index (χ1) is 18.5. The van der Waals surface area contributed by atoms with Crippen molar-refractivity contribution >= 4 is 34.2 Å². The number of fused-ring (bicyclic) bond motifs is 1. The van der Waals surface area contributed by atoms with Gasteiger partial charge in [0.25, 0.3) is 5.91 Å². The van der Waals surface area contributed by atoms with Crippen LogP contribution in [0.5, 0.6) is 0 Å². The van der Waals surface area contributed by atoms with Crippen LogP contribution in [0.3, 0.4) is 0 Å². The minimum absolute atomic E-state index is 0.158. The first-order valence-corrected chi connectivity index (χ1v) is 13.9. The molecular formula is C27H26F3N5O3S. The zero-order valence-electron chi connectivity index (χ0n) is 21.2. The van der Waals surface area contributed by atoms with Gasteiger partial charge in [-0.05, 0) is 53.8 Å². The maximum Gasteiger partial charge on any atom is 0.416 e. The molecular weight excluding hydrogens is 531 g/mol. The second-order valence-electron chi connectivity index (χ2n) is 9.60. The van der Waals surface area contributed by atoms with E-state index in [9.17, 15) is 27.0 Å². The Morgan fingerprint density at radius 2 is 1.77 bits per heavy atom. The predicted octanol–water partition coefficient (Wildman–Crippen LogP) is 4.62. The minimum atomic E-state index is -4.39. The maximum atomic E-state index is 13.3. The summed E-state index contributed by atoms with van der Waals surface area (Å²) in [5.74, 6) is -0.276. The molecule has 0 spiro atoms. The van der Waals surface area contributed by atoms with Crippen molar-refractivity contribution < 1.29 is 27.0 Å². The van der Waals surface area contributed by atoms with Crippen molar-refractivity contribution in [2.24, 2.45) is 0 Å². The van der Waals surface area contributed by atoms with Gasteiger partial charge in [-0.15, -0.1) is 0 Å².